The fraction of sp³-hybridized carbons (Fsp3) is 0.318. The van der Waals surface area contributed by atoms with Crippen molar-refractivity contribution >= 4 is 46.4 Å². The van der Waals surface area contributed by atoms with E-state index in [-0.39, 0.29) is 6.47 Å². The van der Waals surface area contributed by atoms with Crippen LogP contribution in [0.15, 0.2) is 42.7 Å². The molecule has 7 heteroatoms. The maximum atomic E-state index is 8.36. The number of nitrogens with zero attached hydrogens (tertiary/aromatic N) is 3. The average Bonchev–Trinajstić information content (AvgIpc) is 2.94. The van der Waals surface area contributed by atoms with Gasteiger partial charge in [-0.15, -0.1) is 0 Å². The maximum Gasteiger partial charge on any atom is 0.290 e. The number of benzene rings is 2. The van der Waals surface area contributed by atoms with E-state index in [1.807, 2.05) is 30.3 Å². The van der Waals surface area contributed by atoms with Crippen LogP contribution in [0.25, 0.3) is 22.0 Å². The second-order valence-electron chi connectivity index (χ2n) is 7.15. The van der Waals surface area contributed by atoms with Crippen LogP contribution in [-0.4, -0.2) is 34.6 Å². The summed E-state index contributed by atoms with van der Waals surface area (Å²) in [5.41, 5.74) is 3.08. The van der Waals surface area contributed by atoms with Crippen molar-refractivity contribution in [2.24, 2.45) is 5.92 Å². The fourth-order valence-electron chi connectivity index (χ4n) is 3.71. The predicted octanol–water partition coefficient (Wildman–Crippen LogP) is 5.93. The van der Waals surface area contributed by atoms with E-state index < -0.39 is 0 Å². The van der Waals surface area contributed by atoms with Crippen LogP contribution in [0.5, 0.6) is 0 Å². The summed E-state index contributed by atoms with van der Waals surface area (Å²) >= 11 is 12.4. The van der Waals surface area contributed by atoms with E-state index in [4.69, 9.17) is 33.1 Å². The molecule has 0 bridgehead atoms. The molecular weight excluding hydrogens is 409 g/mol. The van der Waals surface area contributed by atoms with Gasteiger partial charge in [0.2, 0.25) is 0 Å². The SMILES string of the molecule is CC1CCCN(c2ncnc3cccc(-c4ccc(Cl)c(Cl)c4)c23)CC1.O=CO. The third-order valence-electron chi connectivity index (χ3n) is 5.19. The first kappa shape index (κ1) is 21.3. The first-order valence-electron chi connectivity index (χ1n) is 9.57. The van der Waals surface area contributed by atoms with Gasteiger partial charge in [0, 0.05) is 13.1 Å². The standard InChI is InChI=1S/C21H21Cl2N3.CH2O2/c1-14-4-3-10-26(11-9-14)21-20-16(5-2-6-19(20)24-13-25-21)15-7-8-17(22)18(23)12-15;2-1-3/h2,5-8,12-14H,3-4,9-11H2,1H3;1H,(H,2,3). The number of fused-ring (bicyclic) bond motifs is 1. The normalized spacial score (nSPS) is 16.7. The molecule has 4 rings (SSSR count). The Balaban J connectivity index is 0.000000755. The van der Waals surface area contributed by atoms with Crippen LogP contribution in [-0.2, 0) is 4.79 Å². The molecule has 5 nitrogen and oxygen atoms in total. The molecule has 0 amide bonds. The Morgan fingerprint density at radius 2 is 1.90 bits per heavy atom. The van der Waals surface area contributed by atoms with Crippen LogP contribution in [0, 0.1) is 5.92 Å². The van der Waals surface area contributed by atoms with Gasteiger partial charge in [-0.3, -0.25) is 4.79 Å². The first-order valence-corrected chi connectivity index (χ1v) is 10.3. The van der Waals surface area contributed by atoms with Crippen molar-refractivity contribution < 1.29 is 9.90 Å². The number of halogens is 2. The fourth-order valence-corrected chi connectivity index (χ4v) is 4.01. The summed E-state index contributed by atoms with van der Waals surface area (Å²) in [4.78, 5) is 20.0. The molecule has 0 radical (unpaired) electrons. The molecule has 1 unspecified atom stereocenters. The van der Waals surface area contributed by atoms with Crippen molar-refractivity contribution in [1.82, 2.24) is 9.97 Å². The smallest absolute Gasteiger partial charge is 0.290 e. The molecule has 0 saturated carbocycles. The van der Waals surface area contributed by atoms with Crippen molar-refractivity contribution in [2.75, 3.05) is 18.0 Å². The van der Waals surface area contributed by atoms with E-state index in [0.717, 1.165) is 46.9 Å². The molecule has 2 aromatic carbocycles. The van der Waals surface area contributed by atoms with Crippen LogP contribution in [0.3, 0.4) is 0 Å². The zero-order valence-electron chi connectivity index (χ0n) is 16.2. The van der Waals surface area contributed by atoms with Gasteiger partial charge in [-0.25, -0.2) is 9.97 Å². The van der Waals surface area contributed by atoms with Gasteiger partial charge >= 0.3 is 0 Å². The predicted molar refractivity (Wildman–Crippen MR) is 119 cm³/mol. The Bertz CT molecular complexity index is 992. The highest BCUT2D eigenvalue weighted by molar-refractivity contribution is 6.42. The minimum absolute atomic E-state index is 0.250. The van der Waals surface area contributed by atoms with Crippen molar-refractivity contribution in [3.63, 3.8) is 0 Å². The van der Waals surface area contributed by atoms with E-state index in [1.54, 1.807) is 6.33 Å². The molecule has 1 atom stereocenters. The van der Waals surface area contributed by atoms with Crippen LogP contribution in [0.1, 0.15) is 26.2 Å². The molecule has 0 spiro atoms. The molecule has 29 heavy (non-hydrogen) atoms. The van der Waals surface area contributed by atoms with Crippen molar-refractivity contribution in [2.45, 2.75) is 26.2 Å². The van der Waals surface area contributed by atoms with Gasteiger partial charge in [-0.2, -0.15) is 0 Å². The average molecular weight is 432 g/mol. The van der Waals surface area contributed by atoms with Crippen molar-refractivity contribution in [3.05, 3.63) is 52.8 Å². The van der Waals surface area contributed by atoms with E-state index in [2.05, 4.69) is 27.9 Å². The number of rotatable bonds is 2. The third kappa shape index (κ3) is 4.98. The van der Waals surface area contributed by atoms with Crippen LogP contribution < -0.4 is 4.90 Å². The second-order valence-corrected chi connectivity index (χ2v) is 7.97. The topological polar surface area (TPSA) is 66.3 Å². The number of carboxylic acid groups (broad SMARTS) is 1. The molecule has 2 heterocycles. The second kappa shape index (κ2) is 9.90. The molecule has 1 aliphatic heterocycles. The summed E-state index contributed by atoms with van der Waals surface area (Å²) in [5.74, 6) is 1.79. The summed E-state index contributed by atoms with van der Waals surface area (Å²) in [5, 5.41) is 9.10. The molecular formula is C22H23Cl2N3O2. The van der Waals surface area contributed by atoms with E-state index >= 15 is 0 Å². The molecule has 1 aliphatic rings. The molecule has 3 aromatic rings. The lowest BCUT2D eigenvalue weighted by Gasteiger charge is -2.24. The van der Waals surface area contributed by atoms with Gasteiger partial charge in [-0.05, 0) is 54.5 Å². The highest BCUT2D eigenvalue weighted by Crippen LogP contribution is 2.36. The molecule has 1 aromatic heterocycles. The third-order valence-corrected chi connectivity index (χ3v) is 5.93. The van der Waals surface area contributed by atoms with Gasteiger partial charge in [0.15, 0.2) is 0 Å². The van der Waals surface area contributed by atoms with Gasteiger partial charge in [0.05, 0.1) is 20.9 Å². The van der Waals surface area contributed by atoms with Gasteiger partial charge in [-0.1, -0.05) is 48.3 Å². The Morgan fingerprint density at radius 1 is 1.10 bits per heavy atom. The Hall–Kier alpha value is -2.37. The van der Waals surface area contributed by atoms with E-state index in [9.17, 15) is 0 Å². The minimum atomic E-state index is -0.250. The number of anilines is 1. The molecule has 1 N–H and O–H groups in total. The van der Waals surface area contributed by atoms with E-state index in [0.29, 0.717) is 10.0 Å². The number of aromatic nitrogens is 2. The van der Waals surface area contributed by atoms with Crippen molar-refractivity contribution in [3.8, 4) is 11.1 Å². The van der Waals surface area contributed by atoms with Crippen LogP contribution in [0.4, 0.5) is 5.82 Å². The summed E-state index contributed by atoms with van der Waals surface area (Å²) in [6.45, 7) is 4.15. The lowest BCUT2D eigenvalue weighted by molar-refractivity contribution is -0.122. The summed E-state index contributed by atoms with van der Waals surface area (Å²) < 4.78 is 0. The van der Waals surface area contributed by atoms with Crippen molar-refractivity contribution in [1.29, 1.82) is 0 Å². The lowest BCUT2D eigenvalue weighted by Crippen LogP contribution is -2.25. The van der Waals surface area contributed by atoms with Gasteiger partial charge < -0.3 is 10.0 Å². The molecule has 1 saturated heterocycles. The summed E-state index contributed by atoms with van der Waals surface area (Å²) in [6.07, 6.45) is 5.34. The maximum absolute atomic E-state index is 8.36. The summed E-state index contributed by atoms with van der Waals surface area (Å²) in [6, 6.07) is 11.9. The first-order chi connectivity index (χ1) is 14.0. The Morgan fingerprint density at radius 3 is 2.66 bits per heavy atom. The lowest BCUT2D eigenvalue weighted by atomic mass is 10.0. The molecule has 0 aliphatic carbocycles. The van der Waals surface area contributed by atoms with Crippen LogP contribution in [0.2, 0.25) is 10.0 Å². The zero-order chi connectivity index (χ0) is 20.8. The zero-order valence-corrected chi connectivity index (χ0v) is 17.7. The number of hydrogen-bond donors (Lipinski definition) is 1. The monoisotopic (exact) mass is 431 g/mol. The van der Waals surface area contributed by atoms with E-state index in [1.165, 1.54) is 19.3 Å². The number of hydrogen-bond acceptors (Lipinski definition) is 4. The molecule has 1 fully saturated rings. The highest BCUT2D eigenvalue weighted by atomic mass is 35.5. The van der Waals surface area contributed by atoms with Gasteiger partial charge in [0.1, 0.15) is 12.1 Å². The minimum Gasteiger partial charge on any atom is -0.483 e. The molecule has 152 valence electrons. The highest BCUT2D eigenvalue weighted by Gasteiger charge is 2.19. The Labute approximate surface area is 180 Å². The quantitative estimate of drug-likeness (QED) is 0.509. The Kier molecular flexibility index (Phi) is 7.29. The van der Waals surface area contributed by atoms with Crippen LogP contribution >= 0.6 is 23.2 Å². The summed E-state index contributed by atoms with van der Waals surface area (Å²) in [7, 11) is 0. The number of carbonyl (C=O) groups is 1. The van der Waals surface area contributed by atoms with Gasteiger partial charge in [0.25, 0.3) is 6.47 Å². The largest absolute Gasteiger partial charge is 0.483 e.